The standard InChI is InChI=1S/C10H15BrN2S.ClH/c11-9-3-5-14-10(9)7-13-4-1-2-8(12)6-13;/h3,5,8H,1-2,4,6-7,12H2;1H. The number of hydrogen-bond acceptors (Lipinski definition) is 3. The maximum absolute atomic E-state index is 5.94. The molecular formula is C10H16BrClN2S. The Bertz CT molecular complexity index is 305. The van der Waals surface area contributed by atoms with Crippen molar-refractivity contribution in [2.45, 2.75) is 25.4 Å². The Labute approximate surface area is 109 Å². The Hall–Kier alpha value is 0.390. The molecule has 0 bridgehead atoms. The van der Waals surface area contributed by atoms with Crippen LogP contribution >= 0.6 is 39.7 Å². The Morgan fingerprint density at radius 1 is 1.60 bits per heavy atom. The third-order valence-electron chi connectivity index (χ3n) is 2.60. The van der Waals surface area contributed by atoms with Crippen LogP contribution in [0.3, 0.4) is 0 Å². The van der Waals surface area contributed by atoms with E-state index in [1.165, 1.54) is 28.7 Å². The molecule has 1 aromatic heterocycles. The molecule has 0 aliphatic carbocycles. The van der Waals surface area contributed by atoms with Gasteiger partial charge >= 0.3 is 0 Å². The first-order chi connectivity index (χ1) is 6.75. The topological polar surface area (TPSA) is 29.3 Å². The van der Waals surface area contributed by atoms with Gasteiger partial charge in [-0.3, -0.25) is 4.90 Å². The van der Waals surface area contributed by atoms with E-state index in [1.807, 2.05) is 11.3 Å². The summed E-state index contributed by atoms with van der Waals surface area (Å²) < 4.78 is 1.24. The summed E-state index contributed by atoms with van der Waals surface area (Å²) >= 11 is 5.38. The summed E-state index contributed by atoms with van der Waals surface area (Å²) in [7, 11) is 0. The van der Waals surface area contributed by atoms with Crippen molar-refractivity contribution >= 4 is 39.7 Å². The smallest absolute Gasteiger partial charge is 0.0339 e. The zero-order valence-corrected chi connectivity index (χ0v) is 11.7. The van der Waals surface area contributed by atoms with Gasteiger partial charge in [0.05, 0.1) is 0 Å². The first-order valence-electron chi connectivity index (χ1n) is 4.95. The Kier molecular flexibility index (Phi) is 5.57. The summed E-state index contributed by atoms with van der Waals surface area (Å²) in [6, 6.07) is 2.49. The van der Waals surface area contributed by atoms with E-state index in [4.69, 9.17) is 5.73 Å². The molecule has 1 fully saturated rings. The van der Waals surface area contributed by atoms with Gasteiger partial charge in [0.25, 0.3) is 0 Å². The fraction of sp³-hybridized carbons (Fsp3) is 0.600. The average molecular weight is 312 g/mol. The number of rotatable bonds is 2. The third-order valence-corrected chi connectivity index (χ3v) is 4.51. The lowest BCUT2D eigenvalue weighted by Gasteiger charge is -2.30. The molecule has 2 rings (SSSR count). The number of thiophene rings is 1. The number of likely N-dealkylation sites (tertiary alicyclic amines) is 1. The summed E-state index contributed by atoms with van der Waals surface area (Å²) in [5, 5.41) is 2.13. The van der Waals surface area contributed by atoms with Gasteiger partial charge in [-0.25, -0.2) is 0 Å². The highest BCUT2D eigenvalue weighted by molar-refractivity contribution is 9.10. The number of nitrogens with zero attached hydrogens (tertiary/aromatic N) is 1. The molecule has 0 radical (unpaired) electrons. The largest absolute Gasteiger partial charge is 0.327 e. The van der Waals surface area contributed by atoms with Crippen molar-refractivity contribution in [1.82, 2.24) is 4.90 Å². The monoisotopic (exact) mass is 310 g/mol. The van der Waals surface area contributed by atoms with E-state index < -0.39 is 0 Å². The molecule has 0 spiro atoms. The van der Waals surface area contributed by atoms with E-state index in [0.29, 0.717) is 6.04 Å². The zero-order valence-electron chi connectivity index (χ0n) is 8.49. The van der Waals surface area contributed by atoms with Gasteiger partial charge in [-0.15, -0.1) is 23.7 Å². The molecule has 1 aromatic rings. The van der Waals surface area contributed by atoms with Crippen LogP contribution in [0.5, 0.6) is 0 Å². The summed E-state index contributed by atoms with van der Waals surface area (Å²) in [4.78, 5) is 3.86. The van der Waals surface area contributed by atoms with Crippen LogP contribution in [0.25, 0.3) is 0 Å². The quantitative estimate of drug-likeness (QED) is 0.910. The predicted octanol–water partition coefficient (Wildman–Crippen LogP) is 2.86. The van der Waals surface area contributed by atoms with Crippen molar-refractivity contribution < 1.29 is 0 Å². The maximum atomic E-state index is 5.94. The van der Waals surface area contributed by atoms with E-state index in [2.05, 4.69) is 32.3 Å². The first kappa shape index (κ1) is 13.5. The molecular weight excluding hydrogens is 296 g/mol. The number of halogens is 2. The second kappa shape index (κ2) is 6.21. The predicted molar refractivity (Wildman–Crippen MR) is 71.8 cm³/mol. The Balaban J connectivity index is 0.00000112. The van der Waals surface area contributed by atoms with Gasteiger partial charge in [-0.1, -0.05) is 0 Å². The fourth-order valence-corrected chi connectivity index (χ4v) is 3.39. The van der Waals surface area contributed by atoms with Crippen molar-refractivity contribution in [3.8, 4) is 0 Å². The highest BCUT2D eigenvalue weighted by Gasteiger charge is 2.17. The molecule has 86 valence electrons. The molecule has 1 aliphatic rings. The van der Waals surface area contributed by atoms with Crippen molar-refractivity contribution in [2.24, 2.45) is 5.73 Å². The van der Waals surface area contributed by atoms with Crippen LogP contribution in [0.15, 0.2) is 15.9 Å². The summed E-state index contributed by atoms with van der Waals surface area (Å²) in [5.74, 6) is 0. The normalized spacial score (nSPS) is 22.4. The fourth-order valence-electron chi connectivity index (χ4n) is 1.88. The van der Waals surface area contributed by atoms with Gasteiger partial charge in [-0.05, 0) is 46.8 Å². The van der Waals surface area contributed by atoms with Crippen LogP contribution in [0.1, 0.15) is 17.7 Å². The van der Waals surface area contributed by atoms with Gasteiger partial charge in [0.15, 0.2) is 0 Å². The van der Waals surface area contributed by atoms with Crippen molar-refractivity contribution in [1.29, 1.82) is 0 Å². The highest BCUT2D eigenvalue weighted by atomic mass is 79.9. The molecule has 15 heavy (non-hydrogen) atoms. The molecule has 1 saturated heterocycles. The van der Waals surface area contributed by atoms with Gasteiger partial charge in [0.1, 0.15) is 0 Å². The minimum Gasteiger partial charge on any atom is -0.327 e. The maximum Gasteiger partial charge on any atom is 0.0339 e. The van der Waals surface area contributed by atoms with Crippen LogP contribution in [0.2, 0.25) is 0 Å². The van der Waals surface area contributed by atoms with Gasteiger partial charge in [-0.2, -0.15) is 0 Å². The first-order valence-corrected chi connectivity index (χ1v) is 6.63. The highest BCUT2D eigenvalue weighted by Crippen LogP contribution is 2.25. The minimum absolute atomic E-state index is 0. The Morgan fingerprint density at radius 3 is 3.00 bits per heavy atom. The van der Waals surface area contributed by atoms with Crippen LogP contribution in [0.4, 0.5) is 0 Å². The SMILES string of the molecule is Cl.NC1CCCN(Cc2sccc2Br)C1. The molecule has 2 heterocycles. The van der Waals surface area contributed by atoms with E-state index in [0.717, 1.165) is 13.1 Å². The lowest BCUT2D eigenvalue weighted by Crippen LogP contribution is -2.42. The molecule has 1 unspecified atom stereocenters. The average Bonchev–Trinajstić information content (AvgIpc) is 2.52. The van der Waals surface area contributed by atoms with E-state index in [1.54, 1.807) is 0 Å². The van der Waals surface area contributed by atoms with Crippen LogP contribution < -0.4 is 5.73 Å². The summed E-state index contributed by atoms with van der Waals surface area (Å²) in [5.41, 5.74) is 5.94. The summed E-state index contributed by atoms with van der Waals surface area (Å²) in [6.45, 7) is 3.29. The third kappa shape index (κ3) is 3.71. The molecule has 2 N–H and O–H groups in total. The van der Waals surface area contributed by atoms with Crippen molar-refractivity contribution in [3.63, 3.8) is 0 Å². The van der Waals surface area contributed by atoms with E-state index >= 15 is 0 Å². The number of piperidine rings is 1. The second-order valence-electron chi connectivity index (χ2n) is 3.83. The van der Waals surface area contributed by atoms with Crippen molar-refractivity contribution in [2.75, 3.05) is 13.1 Å². The lowest BCUT2D eigenvalue weighted by atomic mass is 10.1. The number of nitrogens with two attached hydrogens (primary N) is 1. The molecule has 1 aliphatic heterocycles. The minimum atomic E-state index is 0. The van der Waals surface area contributed by atoms with E-state index in [9.17, 15) is 0 Å². The number of hydrogen-bond donors (Lipinski definition) is 1. The molecule has 0 saturated carbocycles. The van der Waals surface area contributed by atoms with Crippen LogP contribution in [-0.2, 0) is 6.54 Å². The van der Waals surface area contributed by atoms with Crippen LogP contribution in [-0.4, -0.2) is 24.0 Å². The molecule has 2 nitrogen and oxygen atoms in total. The van der Waals surface area contributed by atoms with Crippen LogP contribution in [0, 0.1) is 0 Å². The van der Waals surface area contributed by atoms with Crippen molar-refractivity contribution in [3.05, 3.63) is 20.8 Å². The molecule has 5 heteroatoms. The zero-order chi connectivity index (χ0) is 9.97. The molecule has 0 aromatic carbocycles. The molecule has 0 amide bonds. The second-order valence-corrected chi connectivity index (χ2v) is 5.68. The lowest BCUT2D eigenvalue weighted by molar-refractivity contribution is 0.203. The summed E-state index contributed by atoms with van der Waals surface area (Å²) in [6.07, 6.45) is 2.42. The van der Waals surface area contributed by atoms with Gasteiger partial charge in [0.2, 0.25) is 0 Å². The van der Waals surface area contributed by atoms with Gasteiger partial charge in [0, 0.05) is 28.5 Å². The molecule has 1 atom stereocenters. The van der Waals surface area contributed by atoms with Gasteiger partial charge < -0.3 is 5.73 Å². The Morgan fingerprint density at radius 2 is 2.40 bits per heavy atom. The van der Waals surface area contributed by atoms with E-state index in [-0.39, 0.29) is 12.4 Å².